The number of ether oxygens (including phenoxy) is 2. The van der Waals surface area contributed by atoms with Crippen LogP contribution in [-0.4, -0.2) is 18.7 Å². The number of carbonyl (C=O) groups excluding carboxylic acids is 2. The summed E-state index contributed by atoms with van der Waals surface area (Å²) in [6.45, 7) is 4.45. The molecule has 0 amide bonds. The van der Waals surface area contributed by atoms with E-state index in [9.17, 15) is 9.59 Å². The van der Waals surface area contributed by atoms with E-state index in [0.717, 1.165) is 0 Å². The van der Waals surface area contributed by atoms with Crippen molar-refractivity contribution in [2.45, 2.75) is 6.92 Å². The molecule has 1 rings (SSSR count). The number of benzene rings is 1. The Labute approximate surface area is 98.8 Å². The van der Waals surface area contributed by atoms with Gasteiger partial charge < -0.3 is 15.2 Å². The average Bonchev–Trinajstić information content (AvgIpc) is 2.28. The van der Waals surface area contributed by atoms with Gasteiger partial charge >= 0.3 is 11.9 Å². The van der Waals surface area contributed by atoms with Crippen LogP contribution in [0.1, 0.15) is 17.3 Å². The smallest absolute Gasteiger partial charge is 0.341 e. The highest BCUT2D eigenvalue weighted by Crippen LogP contribution is 2.07. The fourth-order valence-corrected chi connectivity index (χ4v) is 1.01. The molecule has 1 aromatic rings. The van der Waals surface area contributed by atoms with Crippen molar-refractivity contribution in [1.82, 2.24) is 0 Å². The molecular formula is C12H13NO4. The Morgan fingerprint density at radius 2 is 2.06 bits per heavy atom. The number of rotatable bonds is 4. The van der Waals surface area contributed by atoms with Crippen LogP contribution >= 0.6 is 0 Å². The third-order valence-electron chi connectivity index (χ3n) is 1.85. The first-order valence-corrected chi connectivity index (χ1v) is 4.86. The van der Waals surface area contributed by atoms with Crippen LogP contribution in [0.4, 0.5) is 5.69 Å². The summed E-state index contributed by atoms with van der Waals surface area (Å²) in [6.07, 6.45) is 0. The lowest BCUT2D eigenvalue weighted by atomic mass is 10.2. The first-order chi connectivity index (χ1) is 8.00. The van der Waals surface area contributed by atoms with E-state index in [4.69, 9.17) is 10.5 Å². The first-order valence-electron chi connectivity index (χ1n) is 4.86. The third kappa shape index (κ3) is 3.98. The molecule has 0 aromatic heterocycles. The standard InChI is InChI=1S/C12H13NO4/c1-8(2)11(14)16-7-17-12(15)9-4-3-5-10(13)6-9/h3-6H,1,7,13H2,2H3. The van der Waals surface area contributed by atoms with Crippen LogP contribution in [0.25, 0.3) is 0 Å². The van der Waals surface area contributed by atoms with E-state index in [0.29, 0.717) is 11.3 Å². The lowest BCUT2D eigenvalue weighted by Crippen LogP contribution is -2.13. The van der Waals surface area contributed by atoms with Crippen molar-refractivity contribution >= 4 is 17.6 Å². The van der Waals surface area contributed by atoms with Crippen molar-refractivity contribution < 1.29 is 19.1 Å². The van der Waals surface area contributed by atoms with E-state index < -0.39 is 18.7 Å². The van der Waals surface area contributed by atoms with Gasteiger partial charge in [0.15, 0.2) is 0 Å². The third-order valence-corrected chi connectivity index (χ3v) is 1.85. The Balaban J connectivity index is 2.46. The van der Waals surface area contributed by atoms with Crippen molar-refractivity contribution in [2.75, 3.05) is 12.5 Å². The highest BCUT2D eigenvalue weighted by atomic mass is 16.7. The molecule has 5 nitrogen and oxygen atoms in total. The van der Waals surface area contributed by atoms with Crippen LogP contribution in [0.3, 0.4) is 0 Å². The fourth-order valence-electron chi connectivity index (χ4n) is 1.01. The maximum absolute atomic E-state index is 11.5. The van der Waals surface area contributed by atoms with Crippen molar-refractivity contribution in [2.24, 2.45) is 0 Å². The minimum absolute atomic E-state index is 0.241. The Hall–Kier alpha value is -2.30. The maximum atomic E-state index is 11.5. The molecule has 0 saturated heterocycles. The zero-order valence-electron chi connectivity index (χ0n) is 9.43. The van der Waals surface area contributed by atoms with Crippen LogP contribution in [0.15, 0.2) is 36.4 Å². The number of hydrogen-bond donors (Lipinski definition) is 1. The molecule has 0 fully saturated rings. The molecule has 0 heterocycles. The maximum Gasteiger partial charge on any atom is 0.341 e. The van der Waals surface area contributed by atoms with Gasteiger partial charge in [0, 0.05) is 11.3 Å². The number of carbonyl (C=O) groups is 2. The summed E-state index contributed by atoms with van der Waals surface area (Å²) in [5.74, 6) is -1.21. The van der Waals surface area contributed by atoms with Crippen LogP contribution in [-0.2, 0) is 14.3 Å². The highest BCUT2D eigenvalue weighted by Gasteiger charge is 2.09. The second-order valence-electron chi connectivity index (χ2n) is 3.39. The highest BCUT2D eigenvalue weighted by molar-refractivity contribution is 5.90. The summed E-state index contributed by atoms with van der Waals surface area (Å²) >= 11 is 0. The monoisotopic (exact) mass is 235 g/mol. The van der Waals surface area contributed by atoms with Crippen molar-refractivity contribution in [3.63, 3.8) is 0 Å². The van der Waals surface area contributed by atoms with E-state index >= 15 is 0 Å². The molecule has 0 radical (unpaired) electrons. The Bertz CT molecular complexity index is 454. The SMILES string of the molecule is C=C(C)C(=O)OCOC(=O)c1cccc(N)c1. The van der Waals surface area contributed by atoms with Gasteiger partial charge in [0.2, 0.25) is 6.79 Å². The lowest BCUT2D eigenvalue weighted by Gasteiger charge is -2.06. The van der Waals surface area contributed by atoms with Gasteiger partial charge in [-0.2, -0.15) is 0 Å². The van der Waals surface area contributed by atoms with Gasteiger partial charge in [-0.3, -0.25) is 0 Å². The van der Waals surface area contributed by atoms with Crippen molar-refractivity contribution in [1.29, 1.82) is 0 Å². The molecule has 0 bridgehead atoms. The molecule has 0 aliphatic heterocycles. The van der Waals surface area contributed by atoms with Gasteiger partial charge in [-0.1, -0.05) is 12.6 Å². The minimum Gasteiger partial charge on any atom is -0.425 e. The zero-order chi connectivity index (χ0) is 12.8. The molecule has 0 aliphatic rings. The molecule has 0 atom stereocenters. The van der Waals surface area contributed by atoms with Crippen LogP contribution < -0.4 is 5.73 Å². The van der Waals surface area contributed by atoms with Crippen LogP contribution in [0.2, 0.25) is 0 Å². The van der Waals surface area contributed by atoms with E-state index in [1.807, 2.05) is 0 Å². The molecule has 0 unspecified atom stereocenters. The second kappa shape index (κ2) is 5.69. The molecule has 0 spiro atoms. The number of esters is 2. The van der Waals surface area contributed by atoms with Gasteiger partial charge in [0.05, 0.1) is 5.56 Å². The number of anilines is 1. The van der Waals surface area contributed by atoms with Crippen molar-refractivity contribution in [3.8, 4) is 0 Å². The van der Waals surface area contributed by atoms with Crippen molar-refractivity contribution in [3.05, 3.63) is 42.0 Å². The fraction of sp³-hybridized carbons (Fsp3) is 0.167. The Kier molecular flexibility index (Phi) is 4.28. The Morgan fingerprint density at radius 1 is 1.35 bits per heavy atom. The summed E-state index contributed by atoms with van der Waals surface area (Å²) in [6, 6.07) is 6.31. The predicted molar refractivity (Wildman–Crippen MR) is 62.0 cm³/mol. The van der Waals surface area contributed by atoms with Gasteiger partial charge in [-0.25, -0.2) is 9.59 Å². The molecule has 2 N–H and O–H groups in total. The quantitative estimate of drug-likeness (QED) is 0.370. The van der Waals surface area contributed by atoms with Gasteiger partial charge in [-0.15, -0.1) is 0 Å². The number of nitrogens with two attached hydrogens (primary N) is 1. The van der Waals surface area contributed by atoms with Crippen LogP contribution in [0, 0.1) is 0 Å². The lowest BCUT2D eigenvalue weighted by molar-refractivity contribution is -0.147. The van der Waals surface area contributed by atoms with E-state index in [1.54, 1.807) is 18.2 Å². The molecular weight excluding hydrogens is 222 g/mol. The molecule has 17 heavy (non-hydrogen) atoms. The number of hydrogen-bond acceptors (Lipinski definition) is 5. The van der Waals surface area contributed by atoms with E-state index in [-0.39, 0.29) is 5.57 Å². The number of nitrogen functional groups attached to an aromatic ring is 1. The summed E-state index contributed by atoms with van der Waals surface area (Å²) in [4.78, 5) is 22.4. The molecule has 1 aromatic carbocycles. The average molecular weight is 235 g/mol. The molecule has 5 heteroatoms. The second-order valence-corrected chi connectivity index (χ2v) is 3.39. The summed E-state index contributed by atoms with van der Waals surface area (Å²) in [7, 11) is 0. The zero-order valence-corrected chi connectivity index (χ0v) is 9.43. The van der Waals surface area contributed by atoms with Gasteiger partial charge in [-0.05, 0) is 25.1 Å². The minimum atomic E-state index is -0.606. The summed E-state index contributed by atoms with van der Waals surface area (Å²) < 4.78 is 9.34. The molecule has 0 saturated carbocycles. The van der Waals surface area contributed by atoms with Gasteiger partial charge in [0.25, 0.3) is 0 Å². The predicted octanol–water partition coefficient (Wildman–Crippen LogP) is 1.50. The summed E-state index contributed by atoms with van der Waals surface area (Å²) in [5, 5.41) is 0. The first kappa shape index (κ1) is 12.8. The molecule has 90 valence electrons. The summed E-state index contributed by atoms with van der Waals surface area (Å²) in [5.41, 5.74) is 6.51. The normalized spacial score (nSPS) is 9.47. The van der Waals surface area contributed by atoms with E-state index in [2.05, 4.69) is 11.3 Å². The van der Waals surface area contributed by atoms with Gasteiger partial charge in [0.1, 0.15) is 0 Å². The topological polar surface area (TPSA) is 78.6 Å². The molecule has 0 aliphatic carbocycles. The van der Waals surface area contributed by atoms with E-state index in [1.165, 1.54) is 13.0 Å². The Morgan fingerprint density at radius 3 is 2.65 bits per heavy atom. The largest absolute Gasteiger partial charge is 0.425 e. The van der Waals surface area contributed by atoms with Crippen LogP contribution in [0.5, 0.6) is 0 Å².